The molecule has 3 heteroatoms. The zero-order valence-corrected chi connectivity index (χ0v) is 10.8. The number of hydrogen-bond donors (Lipinski definition) is 2. The number of halogens is 1. The lowest BCUT2D eigenvalue weighted by molar-refractivity contribution is 0.239. The van der Waals surface area contributed by atoms with Gasteiger partial charge in [-0.25, -0.2) is 0 Å². The van der Waals surface area contributed by atoms with Crippen molar-refractivity contribution in [3.8, 4) is 0 Å². The maximum absolute atomic E-state index is 9.00. The van der Waals surface area contributed by atoms with Crippen LogP contribution in [0.5, 0.6) is 0 Å². The highest BCUT2D eigenvalue weighted by atomic mass is 79.9. The molecule has 15 heavy (non-hydrogen) atoms. The van der Waals surface area contributed by atoms with Crippen molar-refractivity contribution in [1.82, 2.24) is 5.32 Å². The minimum absolute atomic E-state index is 0.138. The zero-order valence-electron chi connectivity index (χ0n) is 9.20. The summed E-state index contributed by atoms with van der Waals surface area (Å²) >= 11 is 3.42. The maximum Gasteiger partial charge on any atom is 0.0582 e. The van der Waals surface area contributed by atoms with Crippen LogP contribution in [0.2, 0.25) is 0 Å². The highest BCUT2D eigenvalue weighted by Gasteiger charge is 2.11. The van der Waals surface area contributed by atoms with Gasteiger partial charge >= 0.3 is 0 Å². The van der Waals surface area contributed by atoms with Crippen molar-refractivity contribution in [2.75, 3.05) is 6.61 Å². The summed E-state index contributed by atoms with van der Waals surface area (Å²) in [5, 5.41) is 12.4. The second-order valence-corrected chi connectivity index (χ2v) is 4.68. The van der Waals surface area contributed by atoms with E-state index >= 15 is 0 Å². The normalized spacial score (nSPS) is 14.9. The van der Waals surface area contributed by atoms with Gasteiger partial charge in [0.25, 0.3) is 0 Å². The molecule has 0 aromatic heterocycles. The number of aliphatic hydroxyl groups is 1. The quantitative estimate of drug-likeness (QED) is 0.863. The molecule has 0 heterocycles. The molecule has 0 saturated heterocycles. The fourth-order valence-corrected chi connectivity index (χ4v) is 1.81. The first-order valence-corrected chi connectivity index (χ1v) is 6.09. The molecule has 0 fully saturated rings. The van der Waals surface area contributed by atoms with Crippen LogP contribution >= 0.6 is 15.9 Å². The van der Waals surface area contributed by atoms with Gasteiger partial charge < -0.3 is 10.4 Å². The van der Waals surface area contributed by atoms with Crippen LogP contribution in [0.4, 0.5) is 0 Å². The van der Waals surface area contributed by atoms with Crippen LogP contribution < -0.4 is 5.32 Å². The molecule has 0 spiro atoms. The molecule has 0 amide bonds. The number of hydrogen-bond acceptors (Lipinski definition) is 2. The molecule has 1 rings (SSSR count). The van der Waals surface area contributed by atoms with Gasteiger partial charge in [0.05, 0.1) is 6.61 Å². The van der Waals surface area contributed by atoms with Crippen LogP contribution in [-0.4, -0.2) is 17.8 Å². The van der Waals surface area contributed by atoms with E-state index in [0.29, 0.717) is 6.04 Å². The lowest BCUT2D eigenvalue weighted by Gasteiger charge is -2.21. The van der Waals surface area contributed by atoms with Crippen LogP contribution in [0.25, 0.3) is 0 Å². The predicted molar refractivity (Wildman–Crippen MR) is 66.9 cm³/mol. The van der Waals surface area contributed by atoms with Crippen LogP contribution in [0.1, 0.15) is 31.9 Å². The van der Waals surface area contributed by atoms with Crippen LogP contribution in [0.3, 0.4) is 0 Å². The Morgan fingerprint density at radius 1 is 1.33 bits per heavy atom. The molecule has 0 aliphatic carbocycles. The summed E-state index contributed by atoms with van der Waals surface area (Å²) in [6, 6.07) is 8.76. The third-order valence-corrected chi connectivity index (χ3v) is 2.97. The molecule has 2 N–H and O–H groups in total. The van der Waals surface area contributed by atoms with E-state index in [9.17, 15) is 0 Å². The second kappa shape index (κ2) is 6.26. The van der Waals surface area contributed by atoms with Crippen molar-refractivity contribution in [1.29, 1.82) is 0 Å². The fourth-order valence-electron chi connectivity index (χ4n) is 1.54. The molecule has 84 valence electrons. The molecule has 0 bridgehead atoms. The molecular formula is C12H18BrNO. The van der Waals surface area contributed by atoms with E-state index in [1.54, 1.807) is 0 Å². The molecule has 0 saturated carbocycles. The van der Waals surface area contributed by atoms with Crippen LogP contribution in [0.15, 0.2) is 28.7 Å². The van der Waals surface area contributed by atoms with E-state index in [-0.39, 0.29) is 12.6 Å². The van der Waals surface area contributed by atoms with Gasteiger partial charge in [0.15, 0.2) is 0 Å². The molecule has 2 atom stereocenters. The van der Waals surface area contributed by atoms with Gasteiger partial charge in [-0.15, -0.1) is 0 Å². The summed E-state index contributed by atoms with van der Waals surface area (Å²) in [5.74, 6) is 0. The Bertz CT molecular complexity index is 286. The first-order valence-electron chi connectivity index (χ1n) is 5.29. The summed E-state index contributed by atoms with van der Waals surface area (Å²) in [6.07, 6.45) is 1.02. The number of aliphatic hydroxyl groups excluding tert-OH is 1. The van der Waals surface area contributed by atoms with Gasteiger partial charge in [-0.3, -0.25) is 0 Å². The molecule has 0 aliphatic heterocycles. The topological polar surface area (TPSA) is 32.3 Å². The Balaban J connectivity index is 2.69. The molecule has 0 aliphatic rings. The minimum Gasteiger partial charge on any atom is -0.395 e. The van der Waals surface area contributed by atoms with Crippen molar-refractivity contribution >= 4 is 15.9 Å². The van der Waals surface area contributed by atoms with E-state index in [2.05, 4.69) is 40.3 Å². The maximum atomic E-state index is 9.00. The lowest BCUT2D eigenvalue weighted by atomic mass is 10.0. The largest absolute Gasteiger partial charge is 0.395 e. The predicted octanol–water partition coefficient (Wildman–Crippen LogP) is 2.87. The Labute approximate surface area is 99.8 Å². The second-order valence-electron chi connectivity index (χ2n) is 3.76. The van der Waals surface area contributed by atoms with E-state index in [1.807, 2.05) is 19.1 Å². The Kier molecular flexibility index (Phi) is 5.29. The van der Waals surface area contributed by atoms with Gasteiger partial charge in [0.1, 0.15) is 0 Å². The van der Waals surface area contributed by atoms with E-state index in [4.69, 9.17) is 5.11 Å². The number of nitrogens with one attached hydrogen (secondary N) is 1. The fraction of sp³-hybridized carbons (Fsp3) is 0.500. The summed E-state index contributed by atoms with van der Waals surface area (Å²) in [5.41, 5.74) is 1.26. The molecule has 1 aromatic rings. The van der Waals surface area contributed by atoms with Gasteiger partial charge in [0.2, 0.25) is 0 Å². The first-order chi connectivity index (χ1) is 7.17. The Morgan fingerprint density at radius 2 is 1.93 bits per heavy atom. The lowest BCUT2D eigenvalue weighted by Crippen LogP contribution is -2.32. The average Bonchev–Trinajstić information content (AvgIpc) is 2.27. The van der Waals surface area contributed by atoms with Crippen LogP contribution in [-0.2, 0) is 0 Å². The van der Waals surface area contributed by atoms with E-state index in [1.165, 1.54) is 5.56 Å². The smallest absolute Gasteiger partial charge is 0.0582 e. The third-order valence-electron chi connectivity index (χ3n) is 2.44. The van der Waals surface area contributed by atoms with Crippen molar-refractivity contribution in [2.45, 2.75) is 32.4 Å². The van der Waals surface area contributed by atoms with Crippen molar-refractivity contribution in [3.05, 3.63) is 34.3 Å². The zero-order chi connectivity index (χ0) is 11.3. The average molecular weight is 272 g/mol. The Hall–Kier alpha value is -0.380. The Morgan fingerprint density at radius 3 is 2.40 bits per heavy atom. The SMILES string of the molecule is CCC(N[C@H](C)CO)c1ccc(Br)cc1. The molecular weight excluding hydrogens is 254 g/mol. The van der Waals surface area contributed by atoms with Gasteiger partial charge in [-0.05, 0) is 31.0 Å². The summed E-state index contributed by atoms with van der Waals surface area (Å²) in [6.45, 7) is 4.30. The summed E-state index contributed by atoms with van der Waals surface area (Å²) in [7, 11) is 0. The van der Waals surface area contributed by atoms with Gasteiger partial charge in [0, 0.05) is 16.6 Å². The van der Waals surface area contributed by atoms with Crippen LogP contribution in [0, 0.1) is 0 Å². The summed E-state index contributed by atoms with van der Waals surface area (Å²) in [4.78, 5) is 0. The van der Waals surface area contributed by atoms with Crippen molar-refractivity contribution in [3.63, 3.8) is 0 Å². The standard InChI is InChI=1S/C12H18BrNO/c1-3-12(14-9(2)8-15)10-4-6-11(13)7-5-10/h4-7,9,12,14-15H,3,8H2,1-2H3/t9-,12?/m1/s1. The highest BCUT2D eigenvalue weighted by Crippen LogP contribution is 2.19. The van der Waals surface area contributed by atoms with E-state index < -0.39 is 0 Å². The molecule has 1 unspecified atom stereocenters. The van der Waals surface area contributed by atoms with Crippen molar-refractivity contribution in [2.24, 2.45) is 0 Å². The third kappa shape index (κ3) is 3.93. The number of rotatable bonds is 5. The van der Waals surface area contributed by atoms with E-state index in [0.717, 1.165) is 10.9 Å². The molecule has 0 radical (unpaired) electrons. The van der Waals surface area contributed by atoms with Gasteiger partial charge in [-0.2, -0.15) is 0 Å². The monoisotopic (exact) mass is 271 g/mol. The molecule has 2 nitrogen and oxygen atoms in total. The van der Waals surface area contributed by atoms with Gasteiger partial charge in [-0.1, -0.05) is 35.0 Å². The molecule has 1 aromatic carbocycles. The highest BCUT2D eigenvalue weighted by molar-refractivity contribution is 9.10. The van der Waals surface area contributed by atoms with Crippen molar-refractivity contribution < 1.29 is 5.11 Å². The number of benzene rings is 1. The first kappa shape index (κ1) is 12.7. The summed E-state index contributed by atoms with van der Waals surface area (Å²) < 4.78 is 1.09. The minimum atomic E-state index is 0.138.